The van der Waals surface area contributed by atoms with E-state index in [2.05, 4.69) is 0 Å². The fraction of sp³-hybridized carbons (Fsp3) is 0.462. The molecule has 0 saturated carbocycles. The van der Waals surface area contributed by atoms with Crippen LogP contribution in [0, 0.1) is 5.41 Å². The highest BCUT2D eigenvalue weighted by Gasteiger charge is 2.28. The van der Waals surface area contributed by atoms with Crippen LogP contribution >= 0.6 is 11.6 Å². The maximum absolute atomic E-state index is 11.7. The molecule has 1 rings (SSSR count). The van der Waals surface area contributed by atoms with Crippen LogP contribution in [0.1, 0.15) is 26.3 Å². The Balaban J connectivity index is 2.51. The molecule has 0 saturated heterocycles. The molecule has 0 radical (unpaired) electrons. The highest BCUT2D eigenvalue weighted by Crippen LogP contribution is 2.19. The number of halogens is 1. The Morgan fingerprint density at radius 3 is 2.35 bits per heavy atom. The van der Waals surface area contributed by atoms with Crippen LogP contribution in [0.3, 0.4) is 0 Å². The lowest BCUT2D eigenvalue weighted by molar-refractivity contribution is -0.149. The number of ether oxygens (including phenoxy) is 1. The second-order valence-corrected chi connectivity index (χ2v) is 5.51. The smallest absolute Gasteiger partial charge is 0.323 e. The van der Waals surface area contributed by atoms with Gasteiger partial charge in [0.2, 0.25) is 0 Å². The maximum atomic E-state index is 11.7. The summed E-state index contributed by atoms with van der Waals surface area (Å²) in [4.78, 5) is 11.7. The first-order valence-electron chi connectivity index (χ1n) is 5.47. The van der Waals surface area contributed by atoms with Gasteiger partial charge in [0, 0.05) is 5.02 Å². The van der Waals surface area contributed by atoms with Crippen molar-refractivity contribution in [1.29, 1.82) is 0 Å². The molecule has 0 aliphatic rings. The fourth-order valence-electron chi connectivity index (χ4n) is 1.18. The Hall–Kier alpha value is -1.06. The van der Waals surface area contributed by atoms with E-state index in [0.717, 1.165) is 5.56 Å². The summed E-state index contributed by atoms with van der Waals surface area (Å²) < 4.78 is 5.15. The zero-order valence-corrected chi connectivity index (χ0v) is 11.1. The minimum atomic E-state index is -0.616. The lowest BCUT2D eigenvalue weighted by atomic mass is 9.87. The molecule has 0 spiro atoms. The molecule has 94 valence electrons. The Morgan fingerprint density at radius 1 is 1.35 bits per heavy atom. The number of rotatable bonds is 3. The minimum Gasteiger partial charge on any atom is -0.460 e. The Bertz CT molecular complexity index is 381. The van der Waals surface area contributed by atoms with E-state index in [1.165, 1.54) is 0 Å². The van der Waals surface area contributed by atoms with Crippen LogP contribution in [0.15, 0.2) is 24.3 Å². The second kappa shape index (κ2) is 5.52. The molecule has 1 atom stereocenters. The standard InChI is InChI=1S/C13H18ClNO2/c1-13(2,3)11(15)12(16)17-8-9-4-6-10(14)7-5-9/h4-7,11H,8,15H2,1-3H3. The number of hydrogen-bond acceptors (Lipinski definition) is 3. The average molecular weight is 256 g/mol. The molecular formula is C13H18ClNO2. The van der Waals surface area contributed by atoms with Crippen molar-refractivity contribution in [2.75, 3.05) is 0 Å². The van der Waals surface area contributed by atoms with E-state index in [-0.39, 0.29) is 18.0 Å². The van der Waals surface area contributed by atoms with Crippen molar-refractivity contribution in [2.24, 2.45) is 11.1 Å². The molecule has 1 aromatic carbocycles. The van der Waals surface area contributed by atoms with E-state index in [1.807, 2.05) is 32.9 Å². The number of benzene rings is 1. The van der Waals surface area contributed by atoms with Gasteiger partial charge in [-0.2, -0.15) is 0 Å². The summed E-state index contributed by atoms with van der Waals surface area (Å²) >= 11 is 5.76. The van der Waals surface area contributed by atoms with Crippen LogP contribution in [0.2, 0.25) is 5.02 Å². The van der Waals surface area contributed by atoms with Gasteiger partial charge in [0.25, 0.3) is 0 Å². The first-order chi connectivity index (χ1) is 7.80. The van der Waals surface area contributed by atoms with E-state index < -0.39 is 6.04 Å². The molecular weight excluding hydrogens is 238 g/mol. The molecule has 0 amide bonds. The van der Waals surface area contributed by atoms with E-state index in [0.29, 0.717) is 5.02 Å². The number of carbonyl (C=O) groups is 1. The molecule has 1 aromatic rings. The second-order valence-electron chi connectivity index (χ2n) is 5.08. The van der Waals surface area contributed by atoms with Crippen LogP contribution in [-0.2, 0) is 16.1 Å². The van der Waals surface area contributed by atoms with Crippen molar-refractivity contribution < 1.29 is 9.53 Å². The van der Waals surface area contributed by atoms with Crippen molar-refractivity contribution in [3.63, 3.8) is 0 Å². The molecule has 0 aromatic heterocycles. The van der Waals surface area contributed by atoms with Gasteiger partial charge in [0.1, 0.15) is 12.6 Å². The van der Waals surface area contributed by atoms with Crippen molar-refractivity contribution in [1.82, 2.24) is 0 Å². The highest BCUT2D eigenvalue weighted by molar-refractivity contribution is 6.30. The summed E-state index contributed by atoms with van der Waals surface area (Å²) in [6.07, 6.45) is 0. The SMILES string of the molecule is CC(C)(C)C(N)C(=O)OCc1ccc(Cl)cc1. The van der Waals surface area contributed by atoms with Crippen LogP contribution < -0.4 is 5.73 Å². The third-order valence-corrected chi connectivity index (χ3v) is 2.73. The predicted octanol–water partition coefficient (Wildman–Crippen LogP) is 2.76. The monoisotopic (exact) mass is 255 g/mol. The molecule has 2 N–H and O–H groups in total. The normalized spacial score (nSPS) is 13.2. The lowest BCUT2D eigenvalue weighted by Crippen LogP contribution is -2.43. The van der Waals surface area contributed by atoms with Crippen molar-refractivity contribution in [3.8, 4) is 0 Å². The molecule has 0 aliphatic carbocycles. The Labute approximate surface area is 107 Å². The van der Waals surface area contributed by atoms with Gasteiger partial charge in [0.05, 0.1) is 0 Å². The summed E-state index contributed by atoms with van der Waals surface area (Å²) in [6.45, 7) is 5.93. The largest absolute Gasteiger partial charge is 0.460 e. The average Bonchev–Trinajstić information content (AvgIpc) is 2.25. The number of carbonyl (C=O) groups excluding carboxylic acids is 1. The quantitative estimate of drug-likeness (QED) is 0.845. The molecule has 17 heavy (non-hydrogen) atoms. The van der Waals surface area contributed by atoms with Crippen molar-refractivity contribution in [3.05, 3.63) is 34.9 Å². The van der Waals surface area contributed by atoms with Gasteiger partial charge < -0.3 is 10.5 Å². The van der Waals surface area contributed by atoms with Crippen LogP contribution in [0.5, 0.6) is 0 Å². The van der Waals surface area contributed by atoms with Gasteiger partial charge in [0.15, 0.2) is 0 Å². The molecule has 0 heterocycles. The van der Waals surface area contributed by atoms with Crippen LogP contribution in [0.4, 0.5) is 0 Å². The van der Waals surface area contributed by atoms with E-state index in [4.69, 9.17) is 22.1 Å². The van der Waals surface area contributed by atoms with Crippen molar-refractivity contribution >= 4 is 17.6 Å². The Kier molecular flexibility index (Phi) is 4.54. The van der Waals surface area contributed by atoms with Gasteiger partial charge in [-0.05, 0) is 23.1 Å². The highest BCUT2D eigenvalue weighted by atomic mass is 35.5. The number of esters is 1. The fourth-order valence-corrected chi connectivity index (χ4v) is 1.30. The summed E-state index contributed by atoms with van der Waals surface area (Å²) in [5.74, 6) is -0.382. The topological polar surface area (TPSA) is 52.3 Å². The van der Waals surface area contributed by atoms with E-state index >= 15 is 0 Å². The summed E-state index contributed by atoms with van der Waals surface area (Å²) in [5, 5.41) is 0.659. The van der Waals surface area contributed by atoms with Gasteiger partial charge >= 0.3 is 5.97 Å². The summed E-state index contributed by atoms with van der Waals surface area (Å²) in [7, 11) is 0. The Morgan fingerprint density at radius 2 is 1.88 bits per heavy atom. The molecule has 1 unspecified atom stereocenters. The first-order valence-corrected chi connectivity index (χ1v) is 5.85. The molecule has 0 bridgehead atoms. The zero-order chi connectivity index (χ0) is 13.1. The summed E-state index contributed by atoms with van der Waals surface area (Å²) in [6, 6.07) is 6.54. The van der Waals surface area contributed by atoms with Crippen LogP contribution in [0.25, 0.3) is 0 Å². The first kappa shape index (κ1) is 14.0. The molecule has 0 aliphatic heterocycles. The van der Waals surface area contributed by atoms with Crippen molar-refractivity contribution in [2.45, 2.75) is 33.4 Å². The lowest BCUT2D eigenvalue weighted by Gasteiger charge is -2.24. The van der Waals surface area contributed by atoms with Gasteiger partial charge in [-0.1, -0.05) is 44.5 Å². The minimum absolute atomic E-state index is 0.222. The summed E-state index contributed by atoms with van der Waals surface area (Å²) in [5.41, 5.74) is 6.38. The molecule has 0 fully saturated rings. The third-order valence-electron chi connectivity index (χ3n) is 2.48. The zero-order valence-electron chi connectivity index (χ0n) is 10.4. The molecule has 4 heteroatoms. The molecule has 3 nitrogen and oxygen atoms in total. The number of nitrogens with two attached hydrogens (primary N) is 1. The van der Waals surface area contributed by atoms with Crippen LogP contribution in [-0.4, -0.2) is 12.0 Å². The number of hydrogen-bond donors (Lipinski definition) is 1. The van der Waals surface area contributed by atoms with Gasteiger partial charge in [-0.15, -0.1) is 0 Å². The predicted molar refractivity (Wildman–Crippen MR) is 68.7 cm³/mol. The third kappa shape index (κ3) is 4.36. The van der Waals surface area contributed by atoms with E-state index in [9.17, 15) is 4.79 Å². The van der Waals surface area contributed by atoms with Gasteiger partial charge in [-0.25, -0.2) is 0 Å². The van der Waals surface area contributed by atoms with E-state index in [1.54, 1.807) is 12.1 Å². The maximum Gasteiger partial charge on any atom is 0.323 e. The van der Waals surface area contributed by atoms with Gasteiger partial charge in [-0.3, -0.25) is 4.79 Å².